The fourth-order valence-electron chi connectivity index (χ4n) is 2.07. The van der Waals surface area contributed by atoms with Crippen molar-refractivity contribution in [2.45, 2.75) is 20.4 Å². The average molecular weight is 288 g/mol. The quantitative estimate of drug-likeness (QED) is 0.842. The van der Waals surface area contributed by atoms with E-state index in [0.29, 0.717) is 23.5 Å². The van der Waals surface area contributed by atoms with E-state index in [1.807, 2.05) is 13.8 Å². The first-order chi connectivity index (χ1) is 9.90. The molecule has 1 heterocycles. The van der Waals surface area contributed by atoms with Crippen LogP contribution in [0.2, 0.25) is 0 Å². The summed E-state index contributed by atoms with van der Waals surface area (Å²) in [6.45, 7) is 4.28. The predicted octanol–water partition coefficient (Wildman–Crippen LogP) is 2.19. The van der Waals surface area contributed by atoms with Crippen molar-refractivity contribution >= 4 is 17.3 Å². The number of aromatic nitrogens is 1. The summed E-state index contributed by atoms with van der Waals surface area (Å²) in [4.78, 5) is 13.7. The average Bonchev–Trinajstić information content (AvgIpc) is 2.75. The van der Waals surface area contributed by atoms with Gasteiger partial charge in [0.25, 0.3) is 5.91 Å². The third kappa shape index (κ3) is 3.16. The van der Waals surface area contributed by atoms with E-state index in [9.17, 15) is 4.79 Å². The van der Waals surface area contributed by atoms with E-state index < -0.39 is 0 Å². The van der Waals surface area contributed by atoms with Crippen molar-refractivity contribution in [3.63, 3.8) is 0 Å². The van der Waals surface area contributed by atoms with E-state index in [0.717, 1.165) is 17.0 Å². The molecule has 0 radical (unpaired) electrons. The Morgan fingerprint density at radius 1 is 1.38 bits per heavy atom. The van der Waals surface area contributed by atoms with Gasteiger partial charge in [0.2, 0.25) is 0 Å². The van der Waals surface area contributed by atoms with Crippen molar-refractivity contribution in [1.82, 2.24) is 10.1 Å². The third-order valence-corrected chi connectivity index (χ3v) is 3.32. The van der Waals surface area contributed by atoms with E-state index in [1.165, 1.54) is 4.90 Å². The van der Waals surface area contributed by atoms with Gasteiger partial charge in [-0.1, -0.05) is 5.16 Å². The van der Waals surface area contributed by atoms with Gasteiger partial charge >= 0.3 is 0 Å². The Kier molecular flexibility index (Phi) is 4.16. The number of anilines is 2. The molecule has 6 nitrogen and oxygen atoms in total. The Hall–Kier alpha value is -2.50. The van der Waals surface area contributed by atoms with Gasteiger partial charge in [-0.25, -0.2) is 0 Å². The van der Waals surface area contributed by atoms with Crippen LogP contribution >= 0.6 is 0 Å². The van der Waals surface area contributed by atoms with Crippen molar-refractivity contribution in [2.24, 2.45) is 0 Å². The number of hydrogen-bond donors (Lipinski definition) is 2. The highest BCUT2D eigenvalue weighted by Gasteiger charge is 2.15. The Morgan fingerprint density at radius 2 is 2.10 bits per heavy atom. The summed E-state index contributed by atoms with van der Waals surface area (Å²) < 4.78 is 5.13. The lowest BCUT2D eigenvalue weighted by molar-refractivity contribution is 0.0828. The fraction of sp³-hybridized carbons (Fsp3) is 0.333. The molecule has 1 aromatic heterocycles. The molecule has 0 saturated carbocycles. The Morgan fingerprint density at radius 3 is 2.67 bits per heavy atom. The number of nitrogen functional groups attached to an aromatic ring is 1. The van der Waals surface area contributed by atoms with E-state index in [2.05, 4.69) is 10.5 Å². The van der Waals surface area contributed by atoms with Crippen LogP contribution in [0.1, 0.15) is 27.4 Å². The summed E-state index contributed by atoms with van der Waals surface area (Å²) in [5.74, 6) is 0.695. The summed E-state index contributed by atoms with van der Waals surface area (Å²) in [5.41, 5.74) is 9.53. The highest BCUT2D eigenvalue weighted by atomic mass is 16.5. The largest absolute Gasteiger partial charge is 0.399 e. The zero-order valence-corrected chi connectivity index (χ0v) is 12.7. The van der Waals surface area contributed by atoms with Crippen molar-refractivity contribution in [1.29, 1.82) is 0 Å². The second-order valence-electron chi connectivity index (χ2n) is 5.16. The summed E-state index contributed by atoms with van der Waals surface area (Å²) in [7, 11) is 3.44. The zero-order chi connectivity index (χ0) is 15.6. The van der Waals surface area contributed by atoms with Gasteiger partial charge < -0.3 is 20.5 Å². The van der Waals surface area contributed by atoms with Gasteiger partial charge in [0, 0.05) is 37.6 Å². The topological polar surface area (TPSA) is 84.4 Å². The van der Waals surface area contributed by atoms with Crippen molar-refractivity contribution in [2.75, 3.05) is 25.1 Å². The number of carbonyl (C=O) groups excluding carboxylic acids is 1. The van der Waals surface area contributed by atoms with Crippen LogP contribution < -0.4 is 11.1 Å². The van der Waals surface area contributed by atoms with Crippen LogP contribution in [0, 0.1) is 13.8 Å². The fourth-order valence-corrected chi connectivity index (χ4v) is 2.07. The molecule has 21 heavy (non-hydrogen) atoms. The molecule has 0 fully saturated rings. The molecule has 3 N–H and O–H groups in total. The number of benzene rings is 1. The molecule has 1 amide bonds. The minimum absolute atomic E-state index is 0.0729. The van der Waals surface area contributed by atoms with Gasteiger partial charge in [0.1, 0.15) is 5.76 Å². The number of hydrogen-bond acceptors (Lipinski definition) is 5. The monoisotopic (exact) mass is 288 g/mol. The first-order valence-electron chi connectivity index (χ1n) is 6.67. The molecule has 0 aliphatic rings. The lowest BCUT2D eigenvalue weighted by atomic mass is 10.1. The normalized spacial score (nSPS) is 10.5. The van der Waals surface area contributed by atoms with Crippen LogP contribution in [-0.4, -0.2) is 30.1 Å². The SMILES string of the molecule is Cc1noc(C)c1CNc1cc(N)ccc1C(=O)N(C)C. The van der Waals surface area contributed by atoms with Crippen LogP contribution in [0.15, 0.2) is 22.7 Å². The highest BCUT2D eigenvalue weighted by molar-refractivity contribution is 6.00. The summed E-state index contributed by atoms with van der Waals surface area (Å²) in [6, 6.07) is 5.21. The number of nitrogens with two attached hydrogens (primary N) is 1. The third-order valence-electron chi connectivity index (χ3n) is 3.32. The van der Waals surface area contributed by atoms with Gasteiger partial charge in [-0.05, 0) is 32.0 Å². The van der Waals surface area contributed by atoms with E-state index in [-0.39, 0.29) is 5.91 Å². The molecule has 0 aliphatic heterocycles. The summed E-state index contributed by atoms with van der Waals surface area (Å²) in [5, 5.41) is 7.16. The second-order valence-corrected chi connectivity index (χ2v) is 5.16. The molecule has 0 spiro atoms. The van der Waals surface area contributed by atoms with Crippen molar-refractivity contribution in [3.05, 3.63) is 40.8 Å². The number of carbonyl (C=O) groups is 1. The van der Waals surface area contributed by atoms with E-state index >= 15 is 0 Å². The van der Waals surface area contributed by atoms with Crippen LogP contribution in [0.4, 0.5) is 11.4 Å². The van der Waals surface area contributed by atoms with Gasteiger partial charge in [0.15, 0.2) is 0 Å². The molecule has 2 rings (SSSR count). The second kappa shape index (κ2) is 5.87. The molecule has 2 aromatic rings. The summed E-state index contributed by atoms with van der Waals surface area (Å²) in [6.07, 6.45) is 0. The van der Waals surface area contributed by atoms with Crippen molar-refractivity contribution < 1.29 is 9.32 Å². The Labute approximate surface area is 123 Å². The number of amides is 1. The molecule has 0 bridgehead atoms. The van der Waals surface area contributed by atoms with Gasteiger partial charge in [0.05, 0.1) is 11.3 Å². The van der Waals surface area contributed by atoms with Crippen LogP contribution in [0.3, 0.4) is 0 Å². The lowest BCUT2D eigenvalue weighted by Crippen LogP contribution is -2.23. The Bertz CT molecular complexity index is 642. The predicted molar refractivity (Wildman–Crippen MR) is 82.2 cm³/mol. The van der Waals surface area contributed by atoms with Crippen molar-refractivity contribution in [3.8, 4) is 0 Å². The number of aryl methyl sites for hydroxylation is 2. The molecule has 0 unspecified atom stereocenters. The van der Waals surface area contributed by atoms with Crippen LogP contribution in [-0.2, 0) is 6.54 Å². The molecule has 112 valence electrons. The van der Waals surface area contributed by atoms with E-state index in [1.54, 1.807) is 32.3 Å². The van der Waals surface area contributed by atoms with Gasteiger partial charge in [-0.15, -0.1) is 0 Å². The molecule has 0 saturated heterocycles. The van der Waals surface area contributed by atoms with Gasteiger partial charge in [-0.2, -0.15) is 0 Å². The maximum Gasteiger partial charge on any atom is 0.255 e. The van der Waals surface area contributed by atoms with Gasteiger partial charge in [-0.3, -0.25) is 4.79 Å². The molecular weight excluding hydrogens is 268 g/mol. The standard InChI is InChI=1S/C15H20N4O2/c1-9-13(10(2)21-18-9)8-17-14-7-11(16)5-6-12(14)15(20)19(3)4/h5-7,17H,8,16H2,1-4H3. The minimum Gasteiger partial charge on any atom is -0.399 e. The minimum atomic E-state index is -0.0729. The van der Waals surface area contributed by atoms with Crippen LogP contribution in [0.5, 0.6) is 0 Å². The lowest BCUT2D eigenvalue weighted by Gasteiger charge is -2.16. The number of nitrogens with zero attached hydrogens (tertiary/aromatic N) is 2. The molecular formula is C15H20N4O2. The number of rotatable bonds is 4. The molecule has 0 aliphatic carbocycles. The first-order valence-corrected chi connectivity index (χ1v) is 6.67. The maximum atomic E-state index is 12.2. The molecule has 0 atom stereocenters. The highest BCUT2D eigenvalue weighted by Crippen LogP contribution is 2.22. The van der Waals surface area contributed by atoms with E-state index in [4.69, 9.17) is 10.3 Å². The smallest absolute Gasteiger partial charge is 0.255 e. The number of nitrogens with one attached hydrogen (secondary N) is 1. The maximum absolute atomic E-state index is 12.2. The zero-order valence-electron chi connectivity index (χ0n) is 12.7. The molecule has 1 aromatic carbocycles. The Balaban J connectivity index is 2.27. The molecule has 6 heteroatoms. The summed E-state index contributed by atoms with van der Waals surface area (Å²) >= 11 is 0. The van der Waals surface area contributed by atoms with Crippen LogP contribution in [0.25, 0.3) is 0 Å². The first kappa shape index (κ1) is 14.9.